The molecule has 0 saturated carbocycles. The van der Waals surface area contributed by atoms with Gasteiger partial charge in [-0.15, -0.1) is 11.3 Å². The first kappa shape index (κ1) is 15.2. The summed E-state index contributed by atoms with van der Waals surface area (Å²) in [4.78, 5) is 16.2. The molecule has 20 heavy (non-hydrogen) atoms. The first-order valence-corrected chi connectivity index (χ1v) is 7.91. The van der Waals surface area contributed by atoms with Crippen molar-refractivity contribution in [3.8, 4) is 0 Å². The average Bonchev–Trinajstić information content (AvgIpc) is 3.07. The zero-order valence-corrected chi connectivity index (χ0v) is 12.8. The number of urea groups is 1. The van der Waals surface area contributed by atoms with E-state index in [4.69, 9.17) is 4.74 Å². The number of anilines is 1. The molecule has 0 spiro atoms. The number of hydrogen-bond acceptors (Lipinski definition) is 5. The molecule has 7 heteroatoms. The quantitative estimate of drug-likeness (QED) is 0.752. The van der Waals surface area contributed by atoms with Crippen LogP contribution in [0, 0.1) is 0 Å². The fourth-order valence-corrected chi connectivity index (χ4v) is 2.77. The summed E-state index contributed by atoms with van der Waals surface area (Å²) < 4.78 is 5.22. The van der Waals surface area contributed by atoms with E-state index < -0.39 is 0 Å². The van der Waals surface area contributed by atoms with Crippen molar-refractivity contribution in [1.82, 2.24) is 15.6 Å². The third kappa shape index (κ3) is 4.43. The van der Waals surface area contributed by atoms with Crippen LogP contribution in [0.1, 0.15) is 38.4 Å². The number of nitrogens with zero attached hydrogens (tertiary/aromatic N) is 1. The van der Waals surface area contributed by atoms with Crippen molar-refractivity contribution < 1.29 is 9.53 Å². The lowest BCUT2D eigenvalue weighted by atomic mass is 10.2. The van der Waals surface area contributed by atoms with E-state index in [1.54, 1.807) is 0 Å². The van der Waals surface area contributed by atoms with Crippen LogP contribution >= 0.6 is 11.3 Å². The molecular formula is C13H22N4O2S. The monoisotopic (exact) mass is 298 g/mol. The smallest absolute Gasteiger partial charge is 0.321 e. The van der Waals surface area contributed by atoms with Crippen LogP contribution in [0.15, 0.2) is 5.38 Å². The highest BCUT2D eigenvalue weighted by molar-refractivity contribution is 7.13. The Kier molecular flexibility index (Phi) is 5.75. The predicted octanol–water partition coefficient (Wildman–Crippen LogP) is 2.11. The minimum atomic E-state index is -0.212. The van der Waals surface area contributed by atoms with Gasteiger partial charge in [0.2, 0.25) is 0 Å². The van der Waals surface area contributed by atoms with Crippen LogP contribution in [0.5, 0.6) is 0 Å². The molecule has 0 radical (unpaired) electrons. The zero-order valence-electron chi connectivity index (χ0n) is 11.9. The number of rotatable bonds is 6. The molecule has 112 valence electrons. The van der Waals surface area contributed by atoms with Gasteiger partial charge in [-0.05, 0) is 26.3 Å². The van der Waals surface area contributed by atoms with Crippen molar-refractivity contribution in [2.75, 3.05) is 25.1 Å². The minimum absolute atomic E-state index is 0.111. The molecule has 0 bridgehead atoms. The van der Waals surface area contributed by atoms with E-state index in [0.29, 0.717) is 18.3 Å². The summed E-state index contributed by atoms with van der Waals surface area (Å²) >= 11 is 1.44. The van der Waals surface area contributed by atoms with Crippen LogP contribution in [-0.2, 0) is 4.74 Å². The Morgan fingerprint density at radius 2 is 2.50 bits per heavy atom. The normalized spacial score (nSPS) is 19.8. The summed E-state index contributed by atoms with van der Waals surface area (Å²) in [6.45, 7) is 6.47. The second-order valence-electron chi connectivity index (χ2n) is 4.91. The van der Waals surface area contributed by atoms with Crippen molar-refractivity contribution in [2.45, 2.75) is 38.8 Å². The molecule has 1 aromatic rings. The third-order valence-electron chi connectivity index (χ3n) is 3.15. The van der Waals surface area contributed by atoms with Gasteiger partial charge in [-0.2, -0.15) is 0 Å². The second-order valence-corrected chi connectivity index (χ2v) is 5.77. The lowest BCUT2D eigenvalue weighted by Gasteiger charge is -2.11. The number of thiazole rings is 1. The van der Waals surface area contributed by atoms with Gasteiger partial charge in [0.05, 0.1) is 18.3 Å². The lowest BCUT2D eigenvalue weighted by molar-refractivity contribution is 0.189. The Bertz CT molecular complexity index is 432. The molecule has 0 aromatic carbocycles. The summed E-state index contributed by atoms with van der Waals surface area (Å²) in [6, 6.07) is 0.100. The molecule has 6 nitrogen and oxygen atoms in total. The van der Waals surface area contributed by atoms with E-state index >= 15 is 0 Å². The first-order valence-electron chi connectivity index (χ1n) is 7.03. The molecule has 2 unspecified atom stereocenters. The maximum atomic E-state index is 11.8. The van der Waals surface area contributed by atoms with Gasteiger partial charge in [-0.3, -0.25) is 5.32 Å². The van der Waals surface area contributed by atoms with Crippen LogP contribution < -0.4 is 16.0 Å². The number of nitrogens with one attached hydrogen (secondary N) is 3. The summed E-state index contributed by atoms with van der Waals surface area (Å²) in [5, 5.41) is 11.6. The molecule has 2 amide bonds. The topological polar surface area (TPSA) is 75.3 Å². The summed E-state index contributed by atoms with van der Waals surface area (Å²) in [5.74, 6) is 0. The van der Waals surface area contributed by atoms with Crippen molar-refractivity contribution >= 4 is 22.5 Å². The van der Waals surface area contributed by atoms with Crippen LogP contribution in [0.4, 0.5) is 9.93 Å². The third-order valence-corrected chi connectivity index (χ3v) is 3.93. The Balaban J connectivity index is 1.80. The first-order chi connectivity index (χ1) is 9.69. The van der Waals surface area contributed by atoms with E-state index in [1.807, 2.05) is 5.38 Å². The van der Waals surface area contributed by atoms with E-state index in [1.165, 1.54) is 11.3 Å². The maximum Gasteiger partial charge on any atom is 0.321 e. The van der Waals surface area contributed by atoms with Crippen molar-refractivity contribution in [2.24, 2.45) is 0 Å². The van der Waals surface area contributed by atoms with Crippen LogP contribution in [0.3, 0.4) is 0 Å². The molecule has 2 heterocycles. The van der Waals surface area contributed by atoms with E-state index in [9.17, 15) is 4.79 Å². The molecule has 1 saturated heterocycles. The van der Waals surface area contributed by atoms with Crippen LogP contribution in [-0.4, -0.2) is 36.8 Å². The number of amides is 2. The van der Waals surface area contributed by atoms with Gasteiger partial charge >= 0.3 is 6.03 Å². The fraction of sp³-hybridized carbons (Fsp3) is 0.692. The molecule has 1 aliphatic heterocycles. The number of carbonyl (C=O) groups excluding carboxylic acids is 1. The number of carbonyl (C=O) groups is 1. The van der Waals surface area contributed by atoms with Crippen molar-refractivity contribution in [3.05, 3.63) is 11.1 Å². The molecule has 1 aromatic heterocycles. The van der Waals surface area contributed by atoms with Crippen molar-refractivity contribution in [3.63, 3.8) is 0 Å². The van der Waals surface area contributed by atoms with Crippen molar-refractivity contribution in [1.29, 1.82) is 0 Å². The minimum Gasteiger partial charge on any atom is -0.379 e. The Labute approximate surface area is 123 Å². The van der Waals surface area contributed by atoms with Crippen LogP contribution in [0.2, 0.25) is 0 Å². The molecule has 2 atom stereocenters. The molecule has 1 aliphatic rings. The van der Waals surface area contributed by atoms with Crippen LogP contribution in [0.25, 0.3) is 0 Å². The molecule has 0 aliphatic carbocycles. The van der Waals surface area contributed by atoms with Gasteiger partial charge in [0, 0.05) is 18.0 Å². The van der Waals surface area contributed by atoms with Gasteiger partial charge in [0.25, 0.3) is 0 Å². The van der Waals surface area contributed by atoms with E-state index in [-0.39, 0.29) is 18.1 Å². The van der Waals surface area contributed by atoms with Gasteiger partial charge < -0.3 is 15.4 Å². The lowest BCUT2D eigenvalue weighted by Crippen LogP contribution is -2.38. The Morgan fingerprint density at radius 3 is 3.20 bits per heavy atom. The molecule has 1 fully saturated rings. The van der Waals surface area contributed by atoms with Gasteiger partial charge in [0.1, 0.15) is 0 Å². The zero-order chi connectivity index (χ0) is 14.4. The standard InChI is InChI=1S/C13H22N4O2S/c1-3-5-14-9(2)11-8-20-13(16-11)17-12(18)15-10-4-6-19-7-10/h8-10,14H,3-7H2,1-2H3,(H2,15,16,17,18). The summed E-state index contributed by atoms with van der Waals surface area (Å²) in [5.41, 5.74) is 0.961. The Morgan fingerprint density at radius 1 is 1.65 bits per heavy atom. The second kappa shape index (κ2) is 7.56. The van der Waals surface area contributed by atoms with Gasteiger partial charge in [-0.1, -0.05) is 6.92 Å². The largest absolute Gasteiger partial charge is 0.379 e. The number of aromatic nitrogens is 1. The highest BCUT2D eigenvalue weighted by Gasteiger charge is 2.18. The molecule has 2 rings (SSSR count). The number of ether oxygens (including phenoxy) is 1. The maximum absolute atomic E-state index is 11.8. The Hall–Kier alpha value is -1.18. The summed E-state index contributed by atoms with van der Waals surface area (Å²) in [6.07, 6.45) is 1.96. The van der Waals surface area contributed by atoms with Gasteiger partial charge in [-0.25, -0.2) is 9.78 Å². The fourth-order valence-electron chi connectivity index (χ4n) is 1.97. The number of hydrogen-bond donors (Lipinski definition) is 3. The molecule has 3 N–H and O–H groups in total. The summed E-state index contributed by atoms with van der Waals surface area (Å²) in [7, 11) is 0. The predicted molar refractivity (Wildman–Crippen MR) is 80.2 cm³/mol. The highest BCUT2D eigenvalue weighted by atomic mass is 32.1. The molecular weight excluding hydrogens is 276 g/mol. The average molecular weight is 298 g/mol. The van der Waals surface area contributed by atoms with Gasteiger partial charge in [0.15, 0.2) is 5.13 Å². The highest BCUT2D eigenvalue weighted by Crippen LogP contribution is 2.20. The van der Waals surface area contributed by atoms with E-state index in [2.05, 4.69) is 34.8 Å². The SMILES string of the molecule is CCCNC(C)c1csc(NC(=O)NC2CCOC2)n1. The van der Waals surface area contributed by atoms with E-state index in [0.717, 1.165) is 25.1 Å².